The molecule has 2 saturated heterocycles. The number of aliphatic hydroxyl groups is 1. The summed E-state index contributed by atoms with van der Waals surface area (Å²) in [6.45, 7) is 1.35. The van der Waals surface area contributed by atoms with Crippen molar-refractivity contribution in [3.8, 4) is 45.4 Å². The number of methoxy groups -OCH3 is 2. The highest BCUT2D eigenvalue weighted by Gasteiger charge is 2.35. The normalized spacial score (nSPS) is 16.9. The van der Waals surface area contributed by atoms with Crippen LogP contribution in [0.25, 0.3) is 33.6 Å². The molecule has 6 rings (SSSR count). The molecular formula is C34H36Cl2N6O5. The Morgan fingerprint density at radius 2 is 1.51 bits per heavy atom. The molecule has 11 nitrogen and oxygen atoms in total. The molecule has 2 aromatic heterocycles. The van der Waals surface area contributed by atoms with Crippen molar-refractivity contribution in [1.82, 2.24) is 30.6 Å². The summed E-state index contributed by atoms with van der Waals surface area (Å²) in [5.41, 5.74) is 4.41. The standard InChI is InChI=1S/C34H36Cl2N6O5/c1-45-32-25(11-3-6-20-12-13-29(43)40-20)38-15-26(41-32)23-9-4-7-21(30(23)35)22-8-5-10-24(31(22)36)27-16-39-28(33(42-27)46-2)14-37-17-34(44)18-47-19-34/h4-5,7-10,15-16,20,37,44H,3,6,11-14,17-19H2,1-2H3,(H,40,43)/t20-/m1/s1. The zero-order valence-corrected chi connectivity index (χ0v) is 27.7. The molecule has 4 heterocycles. The van der Waals surface area contributed by atoms with Crippen LogP contribution in [0.15, 0.2) is 48.8 Å². The first-order chi connectivity index (χ1) is 22.8. The first-order valence-corrected chi connectivity index (χ1v) is 16.2. The maximum atomic E-state index is 11.5. The molecule has 2 aliphatic heterocycles. The van der Waals surface area contributed by atoms with E-state index in [4.69, 9.17) is 42.4 Å². The van der Waals surface area contributed by atoms with Crippen molar-refractivity contribution >= 4 is 29.1 Å². The van der Waals surface area contributed by atoms with Crippen LogP contribution in [0, 0.1) is 0 Å². The summed E-state index contributed by atoms with van der Waals surface area (Å²) in [6.07, 6.45) is 7.24. The molecule has 13 heteroatoms. The summed E-state index contributed by atoms with van der Waals surface area (Å²) >= 11 is 14.1. The average molecular weight is 680 g/mol. The number of halogens is 2. The molecule has 2 aliphatic rings. The predicted octanol–water partition coefficient (Wildman–Crippen LogP) is 5.04. The average Bonchev–Trinajstić information content (AvgIpc) is 3.49. The largest absolute Gasteiger partial charge is 0.480 e. The summed E-state index contributed by atoms with van der Waals surface area (Å²) < 4.78 is 16.2. The molecule has 0 saturated carbocycles. The first kappa shape index (κ1) is 33.0. The number of nitrogens with one attached hydrogen (secondary N) is 2. The number of hydrogen-bond acceptors (Lipinski definition) is 10. The lowest BCUT2D eigenvalue weighted by molar-refractivity contribution is -0.174. The quantitative estimate of drug-likeness (QED) is 0.176. The molecule has 1 atom stereocenters. The number of benzene rings is 2. The van der Waals surface area contributed by atoms with Crippen LogP contribution in [0.5, 0.6) is 11.8 Å². The highest BCUT2D eigenvalue weighted by Crippen LogP contribution is 2.42. The van der Waals surface area contributed by atoms with Crippen molar-refractivity contribution in [2.24, 2.45) is 0 Å². The second-order valence-corrected chi connectivity index (χ2v) is 12.5. The van der Waals surface area contributed by atoms with E-state index in [1.807, 2.05) is 36.4 Å². The van der Waals surface area contributed by atoms with Crippen molar-refractivity contribution in [1.29, 1.82) is 0 Å². The fourth-order valence-electron chi connectivity index (χ4n) is 5.81. The Balaban J connectivity index is 1.22. The van der Waals surface area contributed by atoms with E-state index in [0.29, 0.717) is 94.7 Å². The van der Waals surface area contributed by atoms with Gasteiger partial charge in [0, 0.05) is 47.8 Å². The van der Waals surface area contributed by atoms with E-state index in [2.05, 4.69) is 25.6 Å². The zero-order valence-electron chi connectivity index (χ0n) is 26.2. The Morgan fingerprint density at radius 3 is 2.04 bits per heavy atom. The number of nitrogens with zero attached hydrogens (tertiary/aromatic N) is 4. The summed E-state index contributed by atoms with van der Waals surface area (Å²) in [4.78, 5) is 30.2. The van der Waals surface area contributed by atoms with Crippen LogP contribution in [0.4, 0.5) is 0 Å². The van der Waals surface area contributed by atoms with Gasteiger partial charge in [-0.05, 0) is 25.7 Å². The highest BCUT2D eigenvalue weighted by atomic mass is 35.5. The van der Waals surface area contributed by atoms with Gasteiger partial charge in [0.1, 0.15) is 17.0 Å². The lowest BCUT2D eigenvalue weighted by Crippen LogP contribution is -2.56. The summed E-state index contributed by atoms with van der Waals surface area (Å²) in [7, 11) is 3.11. The monoisotopic (exact) mass is 678 g/mol. The number of aromatic nitrogens is 4. The van der Waals surface area contributed by atoms with E-state index in [1.165, 1.54) is 7.11 Å². The van der Waals surface area contributed by atoms with Gasteiger partial charge < -0.3 is 30.0 Å². The molecule has 2 aromatic carbocycles. The van der Waals surface area contributed by atoms with Crippen molar-refractivity contribution < 1.29 is 24.1 Å². The SMILES string of the molecule is COc1nc(-c2cccc(-c3cccc(-c4cnc(CNCC5(O)COC5)c(OC)n4)c3Cl)c2Cl)cnc1CCC[C@@H]1CCC(=O)N1. The molecule has 1 amide bonds. The van der Waals surface area contributed by atoms with Crippen molar-refractivity contribution in [3.63, 3.8) is 0 Å². The van der Waals surface area contributed by atoms with Gasteiger partial charge in [-0.15, -0.1) is 0 Å². The van der Waals surface area contributed by atoms with Gasteiger partial charge in [-0.1, -0.05) is 59.6 Å². The van der Waals surface area contributed by atoms with Crippen LogP contribution in [0.1, 0.15) is 37.1 Å². The van der Waals surface area contributed by atoms with Crippen LogP contribution >= 0.6 is 23.2 Å². The van der Waals surface area contributed by atoms with Gasteiger partial charge in [0.15, 0.2) is 0 Å². The molecule has 0 unspecified atom stereocenters. The number of ether oxygens (including phenoxy) is 3. The maximum Gasteiger partial charge on any atom is 0.237 e. The minimum absolute atomic E-state index is 0.119. The van der Waals surface area contributed by atoms with E-state index >= 15 is 0 Å². The second-order valence-electron chi connectivity index (χ2n) is 11.8. The fraction of sp³-hybridized carbons (Fsp3) is 0.382. The number of hydrogen-bond donors (Lipinski definition) is 3. The van der Waals surface area contributed by atoms with Gasteiger partial charge in [-0.25, -0.2) is 9.97 Å². The van der Waals surface area contributed by atoms with Gasteiger partial charge in [0.05, 0.1) is 61.3 Å². The maximum absolute atomic E-state index is 11.5. The molecule has 47 heavy (non-hydrogen) atoms. The number of amides is 1. The van der Waals surface area contributed by atoms with Gasteiger partial charge >= 0.3 is 0 Å². The Bertz CT molecular complexity index is 1770. The smallest absolute Gasteiger partial charge is 0.237 e. The van der Waals surface area contributed by atoms with Gasteiger partial charge in [0.25, 0.3) is 0 Å². The third-order valence-electron chi connectivity index (χ3n) is 8.39. The summed E-state index contributed by atoms with van der Waals surface area (Å²) in [5, 5.41) is 17.4. The van der Waals surface area contributed by atoms with Crippen molar-refractivity contribution in [2.45, 2.75) is 50.3 Å². The topological polar surface area (TPSA) is 141 Å². The minimum atomic E-state index is -0.855. The third-order valence-corrected chi connectivity index (χ3v) is 9.20. The van der Waals surface area contributed by atoms with Crippen molar-refractivity contribution in [3.05, 3.63) is 70.2 Å². The van der Waals surface area contributed by atoms with E-state index in [-0.39, 0.29) is 11.9 Å². The molecule has 246 valence electrons. The summed E-state index contributed by atoms with van der Waals surface area (Å²) in [5.74, 6) is 0.918. The van der Waals surface area contributed by atoms with Crippen LogP contribution in [0.3, 0.4) is 0 Å². The fourth-order valence-corrected chi connectivity index (χ4v) is 6.46. The number of carbonyl (C=O) groups excluding carboxylic acids is 1. The highest BCUT2D eigenvalue weighted by molar-refractivity contribution is 6.39. The van der Waals surface area contributed by atoms with E-state index in [0.717, 1.165) is 30.5 Å². The molecule has 0 bridgehead atoms. The lowest BCUT2D eigenvalue weighted by atomic mass is 9.98. The Hall–Kier alpha value is -3.87. The molecular weight excluding hydrogens is 643 g/mol. The van der Waals surface area contributed by atoms with Gasteiger partial charge in [0.2, 0.25) is 17.7 Å². The van der Waals surface area contributed by atoms with Crippen molar-refractivity contribution in [2.75, 3.05) is 34.0 Å². The molecule has 0 aliphatic carbocycles. The Labute approximate surface area is 283 Å². The second kappa shape index (κ2) is 14.5. The molecule has 0 radical (unpaired) electrons. The van der Waals surface area contributed by atoms with Gasteiger partial charge in [-0.3, -0.25) is 14.8 Å². The molecule has 2 fully saturated rings. The van der Waals surface area contributed by atoms with E-state index < -0.39 is 5.60 Å². The van der Waals surface area contributed by atoms with E-state index in [1.54, 1.807) is 19.5 Å². The third kappa shape index (κ3) is 7.34. The van der Waals surface area contributed by atoms with Gasteiger partial charge in [-0.2, -0.15) is 0 Å². The van der Waals surface area contributed by atoms with Crippen LogP contribution in [0.2, 0.25) is 10.0 Å². The number of carbonyl (C=O) groups is 1. The Kier molecular flexibility index (Phi) is 10.2. The molecule has 3 N–H and O–H groups in total. The Morgan fingerprint density at radius 1 is 0.936 bits per heavy atom. The summed E-state index contributed by atoms with van der Waals surface area (Å²) in [6, 6.07) is 11.6. The van der Waals surface area contributed by atoms with Crippen LogP contribution in [-0.4, -0.2) is 76.6 Å². The van der Waals surface area contributed by atoms with Crippen LogP contribution in [-0.2, 0) is 22.5 Å². The van der Waals surface area contributed by atoms with Crippen LogP contribution < -0.4 is 20.1 Å². The molecule has 4 aromatic rings. The lowest BCUT2D eigenvalue weighted by Gasteiger charge is -2.36. The number of rotatable bonds is 13. The van der Waals surface area contributed by atoms with E-state index in [9.17, 15) is 9.90 Å². The number of aryl methyl sites for hydroxylation is 1. The zero-order chi connectivity index (χ0) is 33.0. The molecule has 0 spiro atoms. The first-order valence-electron chi connectivity index (χ1n) is 15.5. The predicted molar refractivity (Wildman–Crippen MR) is 179 cm³/mol. The minimum Gasteiger partial charge on any atom is -0.480 e.